The van der Waals surface area contributed by atoms with Gasteiger partial charge in [0.2, 0.25) is 0 Å². The number of fused-ring (bicyclic) bond motifs is 1. The third kappa shape index (κ3) is 4.39. The van der Waals surface area contributed by atoms with E-state index < -0.39 is 0 Å². The Morgan fingerprint density at radius 3 is 2.48 bits per heavy atom. The SMILES string of the molecule is N#Cc1ccccc1OCC(=O)N1CCN(Cc2cccc3ccccc23)CC1. The summed E-state index contributed by atoms with van der Waals surface area (Å²) in [5, 5.41) is 11.7. The highest BCUT2D eigenvalue weighted by atomic mass is 16.5. The molecule has 0 atom stereocenters. The zero-order chi connectivity index (χ0) is 20.1. The van der Waals surface area contributed by atoms with E-state index in [1.807, 2.05) is 4.90 Å². The summed E-state index contributed by atoms with van der Waals surface area (Å²) in [6.45, 7) is 3.89. The highest BCUT2D eigenvalue weighted by molar-refractivity contribution is 5.85. The first kappa shape index (κ1) is 19.0. The van der Waals surface area contributed by atoms with Crippen LogP contribution in [0.15, 0.2) is 66.7 Å². The lowest BCUT2D eigenvalue weighted by molar-refractivity contribution is -0.135. The average Bonchev–Trinajstić information content (AvgIpc) is 2.78. The summed E-state index contributed by atoms with van der Waals surface area (Å²) in [5.41, 5.74) is 1.76. The summed E-state index contributed by atoms with van der Waals surface area (Å²) in [7, 11) is 0. The molecular weight excluding hydrogens is 362 g/mol. The molecule has 0 aliphatic carbocycles. The summed E-state index contributed by atoms with van der Waals surface area (Å²) < 4.78 is 5.59. The van der Waals surface area contributed by atoms with Gasteiger partial charge in [0.15, 0.2) is 6.61 Å². The molecule has 1 fully saturated rings. The third-order valence-electron chi connectivity index (χ3n) is 5.36. The number of nitriles is 1. The van der Waals surface area contributed by atoms with E-state index in [0.717, 1.165) is 19.6 Å². The molecular formula is C24H23N3O2. The summed E-state index contributed by atoms with van der Waals surface area (Å²) in [4.78, 5) is 16.7. The first-order valence-electron chi connectivity index (χ1n) is 9.83. The zero-order valence-corrected chi connectivity index (χ0v) is 16.3. The van der Waals surface area contributed by atoms with Crippen molar-refractivity contribution in [3.8, 4) is 11.8 Å². The molecule has 29 heavy (non-hydrogen) atoms. The van der Waals surface area contributed by atoms with Crippen LogP contribution in [0.1, 0.15) is 11.1 Å². The molecule has 4 rings (SSSR count). The van der Waals surface area contributed by atoms with E-state index in [0.29, 0.717) is 24.4 Å². The number of amides is 1. The Morgan fingerprint density at radius 1 is 0.931 bits per heavy atom. The van der Waals surface area contributed by atoms with Gasteiger partial charge in [-0.05, 0) is 28.5 Å². The minimum atomic E-state index is -0.0397. The molecule has 5 heteroatoms. The topological polar surface area (TPSA) is 56.6 Å². The Morgan fingerprint density at radius 2 is 1.66 bits per heavy atom. The number of ether oxygens (including phenoxy) is 1. The Kier molecular flexibility index (Phi) is 5.73. The second kappa shape index (κ2) is 8.76. The highest BCUT2D eigenvalue weighted by Gasteiger charge is 2.22. The molecule has 1 heterocycles. The molecule has 0 spiro atoms. The van der Waals surface area contributed by atoms with Crippen LogP contribution in [0.25, 0.3) is 10.8 Å². The number of piperazine rings is 1. The number of rotatable bonds is 5. The van der Waals surface area contributed by atoms with Crippen molar-refractivity contribution in [2.24, 2.45) is 0 Å². The van der Waals surface area contributed by atoms with Crippen LogP contribution < -0.4 is 4.74 Å². The molecule has 0 radical (unpaired) electrons. The van der Waals surface area contributed by atoms with Crippen LogP contribution in [-0.2, 0) is 11.3 Å². The predicted molar refractivity (Wildman–Crippen MR) is 112 cm³/mol. The van der Waals surface area contributed by atoms with E-state index in [2.05, 4.69) is 53.4 Å². The van der Waals surface area contributed by atoms with Gasteiger partial charge in [-0.1, -0.05) is 54.6 Å². The normalized spacial score (nSPS) is 14.5. The summed E-state index contributed by atoms with van der Waals surface area (Å²) >= 11 is 0. The minimum absolute atomic E-state index is 0.0393. The van der Waals surface area contributed by atoms with Crippen LogP contribution in [0.3, 0.4) is 0 Å². The van der Waals surface area contributed by atoms with Gasteiger partial charge in [0.1, 0.15) is 11.8 Å². The average molecular weight is 385 g/mol. The molecule has 0 bridgehead atoms. The molecule has 5 nitrogen and oxygen atoms in total. The van der Waals surface area contributed by atoms with E-state index in [1.165, 1.54) is 16.3 Å². The van der Waals surface area contributed by atoms with Gasteiger partial charge in [0.25, 0.3) is 5.91 Å². The van der Waals surface area contributed by atoms with E-state index in [-0.39, 0.29) is 12.5 Å². The molecule has 0 unspecified atom stereocenters. The summed E-state index contributed by atoms with van der Waals surface area (Å²) in [5.74, 6) is 0.417. The fourth-order valence-electron chi connectivity index (χ4n) is 3.74. The molecule has 1 amide bonds. The Hall–Kier alpha value is -3.36. The first-order valence-corrected chi connectivity index (χ1v) is 9.83. The van der Waals surface area contributed by atoms with E-state index in [4.69, 9.17) is 10.00 Å². The van der Waals surface area contributed by atoms with Gasteiger partial charge in [-0.3, -0.25) is 9.69 Å². The molecule has 0 aromatic heterocycles. The smallest absolute Gasteiger partial charge is 0.260 e. The number of hydrogen-bond acceptors (Lipinski definition) is 4. The fraction of sp³-hybridized carbons (Fsp3) is 0.250. The second-order valence-corrected chi connectivity index (χ2v) is 7.19. The molecule has 3 aromatic carbocycles. The predicted octanol–water partition coefficient (Wildman–Crippen LogP) is 3.43. The molecule has 146 valence electrons. The Labute approximate surface area is 170 Å². The number of carbonyl (C=O) groups excluding carboxylic acids is 1. The summed E-state index contributed by atoms with van der Waals surface area (Å²) in [6.07, 6.45) is 0. The second-order valence-electron chi connectivity index (χ2n) is 7.19. The van der Waals surface area contributed by atoms with Crippen LogP contribution in [0.2, 0.25) is 0 Å². The van der Waals surface area contributed by atoms with Crippen molar-refractivity contribution in [2.45, 2.75) is 6.54 Å². The van der Waals surface area contributed by atoms with Gasteiger partial charge in [-0.25, -0.2) is 0 Å². The maximum atomic E-state index is 12.5. The molecule has 0 N–H and O–H groups in total. The number of hydrogen-bond donors (Lipinski definition) is 0. The van der Waals surface area contributed by atoms with Gasteiger partial charge < -0.3 is 9.64 Å². The van der Waals surface area contributed by atoms with Crippen molar-refractivity contribution >= 4 is 16.7 Å². The molecule has 1 aliphatic rings. The van der Waals surface area contributed by atoms with Crippen molar-refractivity contribution < 1.29 is 9.53 Å². The quantitative estimate of drug-likeness (QED) is 0.675. The van der Waals surface area contributed by atoms with Crippen LogP contribution in [0.5, 0.6) is 5.75 Å². The van der Waals surface area contributed by atoms with Crippen molar-refractivity contribution in [3.63, 3.8) is 0 Å². The Bertz CT molecular complexity index is 1040. The Balaban J connectivity index is 1.31. The van der Waals surface area contributed by atoms with Gasteiger partial charge in [-0.15, -0.1) is 0 Å². The van der Waals surface area contributed by atoms with Crippen LogP contribution in [-0.4, -0.2) is 48.5 Å². The monoisotopic (exact) mass is 385 g/mol. The van der Waals surface area contributed by atoms with Crippen molar-refractivity contribution in [1.82, 2.24) is 9.80 Å². The third-order valence-corrected chi connectivity index (χ3v) is 5.36. The number of benzene rings is 3. The molecule has 1 aliphatic heterocycles. The fourth-order valence-corrected chi connectivity index (χ4v) is 3.74. The molecule has 3 aromatic rings. The maximum absolute atomic E-state index is 12.5. The van der Waals surface area contributed by atoms with Crippen molar-refractivity contribution in [3.05, 3.63) is 77.9 Å². The lowest BCUT2D eigenvalue weighted by Crippen LogP contribution is -2.49. The van der Waals surface area contributed by atoms with Crippen molar-refractivity contribution in [1.29, 1.82) is 5.26 Å². The van der Waals surface area contributed by atoms with Gasteiger partial charge >= 0.3 is 0 Å². The lowest BCUT2D eigenvalue weighted by atomic mass is 10.0. The largest absolute Gasteiger partial charge is 0.482 e. The number of para-hydroxylation sites is 1. The van der Waals surface area contributed by atoms with E-state index >= 15 is 0 Å². The zero-order valence-electron chi connectivity index (χ0n) is 16.3. The highest BCUT2D eigenvalue weighted by Crippen LogP contribution is 2.21. The van der Waals surface area contributed by atoms with Gasteiger partial charge in [0, 0.05) is 32.7 Å². The van der Waals surface area contributed by atoms with E-state index in [1.54, 1.807) is 24.3 Å². The maximum Gasteiger partial charge on any atom is 0.260 e. The van der Waals surface area contributed by atoms with Crippen LogP contribution in [0.4, 0.5) is 0 Å². The first-order chi connectivity index (χ1) is 14.2. The van der Waals surface area contributed by atoms with Gasteiger partial charge in [-0.2, -0.15) is 5.26 Å². The van der Waals surface area contributed by atoms with Gasteiger partial charge in [0.05, 0.1) is 5.56 Å². The molecule has 1 saturated heterocycles. The van der Waals surface area contributed by atoms with Crippen molar-refractivity contribution in [2.75, 3.05) is 32.8 Å². The lowest BCUT2D eigenvalue weighted by Gasteiger charge is -2.34. The number of nitrogens with zero attached hydrogens (tertiary/aromatic N) is 3. The summed E-state index contributed by atoms with van der Waals surface area (Å²) in [6, 6.07) is 23.9. The standard InChI is InChI=1S/C24H23N3O2/c25-16-20-7-2-4-11-23(20)29-18-24(28)27-14-12-26(13-15-27)17-21-9-5-8-19-6-1-3-10-22(19)21/h1-11H,12-15,17-18H2. The minimum Gasteiger partial charge on any atom is -0.482 e. The molecule has 0 saturated carbocycles. The van der Waals surface area contributed by atoms with Crippen LogP contribution >= 0.6 is 0 Å². The van der Waals surface area contributed by atoms with Crippen LogP contribution in [0, 0.1) is 11.3 Å². The number of carbonyl (C=O) groups is 1. The van der Waals surface area contributed by atoms with E-state index in [9.17, 15) is 4.79 Å².